The standard InChI is InChI=1S/C7H5NO4.NO3/c9-6(10)4-2-1-3-8-5(4)7(11)12;2-1(3)4/h1-3H,(H,9,10)(H,11,12);/q;-1/p+1. The van der Waals surface area contributed by atoms with E-state index in [4.69, 9.17) is 25.5 Å². The van der Waals surface area contributed by atoms with Crippen LogP contribution in [0, 0.1) is 15.3 Å². The van der Waals surface area contributed by atoms with Gasteiger partial charge >= 0.3 is 17.6 Å². The zero-order valence-corrected chi connectivity index (χ0v) is 7.61. The van der Waals surface area contributed by atoms with E-state index >= 15 is 0 Å². The molecule has 0 unspecified atom stereocenters. The molecule has 0 aliphatic carbocycles. The Morgan fingerprint density at radius 3 is 2.06 bits per heavy atom. The number of aromatic carboxylic acids is 2. The minimum absolute atomic E-state index is 0.245. The summed E-state index contributed by atoms with van der Waals surface area (Å²) < 4.78 is 0. The van der Waals surface area contributed by atoms with Crippen LogP contribution in [0.4, 0.5) is 0 Å². The maximum absolute atomic E-state index is 10.4. The second-order valence-corrected chi connectivity index (χ2v) is 2.29. The molecule has 0 aliphatic heterocycles. The summed E-state index contributed by atoms with van der Waals surface area (Å²) in [6, 6.07) is 2.65. The number of pyridine rings is 1. The third-order valence-corrected chi connectivity index (χ3v) is 1.30. The normalized spacial score (nSPS) is 8.50. The molecule has 0 fully saturated rings. The minimum Gasteiger partial charge on any atom is -0.477 e. The fourth-order valence-electron chi connectivity index (χ4n) is 0.792. The van der Waals surface area contributed by atoms with Crippen molar-refractivity contribution in [2.75, 3.05) is 0 Å². The number of hydrogen-bond donors (Lipinski definition) is 2. The van der Waals surface area contributed by atoms with Gasteiger partial charge in [0.05, 0.1) is 5.09 Å². The van der Waals surface area contributed by atoms with E-state index in [0.29, 0.717) is 0 Å². The maximum atomic E-state index is 10.4. The highest BCUT2D eigenvalue weighted by Gasteiger charge is 2.21. The molecule has 16 heavy (non-hydrogen) atoms. The summed E-state index contributed by atoms with van der Waals surface area (Å²) in [6.07, 6.45) is 1.36. The van der Waals surface area contributed by atoms with Gasteiger partial charge in [-0.15, -0.1) is 0 Å². The van der Waals surface area contributed by atoms with Crippen molar-refractivity contribution in [3.63, 3.8) is 0 Å². The van der Waals surface area contributed by atoms with E-state index in [2.05, 4.69) is 4.98 Å². The molecule has 1 aromatic rings. The van der Waals surface area contributed by atoms with Crippen molar-refractivity contribution in [2.45, 2.75) is 0 Å². The van der Waals surface area contributed by atoms with Gasteiger partial charge in [0.15, 0.2) is 6.20 Å². The second kappa shape index (κ2) is 5.90. The third kappa shape index (κ3) is 4.50. The zero-order valence-electron chi connectivity index (χ0n) is 7.61. The van der Waals surface area contributed by atoms with Crippen LogP contribution in [0.3, 0.4) is 0 Å². The van der Waals surface area contributed by atoms with E-state index < -0.39 is 17.0 Å². The molecule has 0 aromatic carbocycles. The highest BCUT2D eigenvalue weighted by molar-refractivity contribution is 5.98. The van der Waals surface area contributed by atoms with Crippen LogP contribution >= 0.6 is 0 Å². The second-order valence-electron chi connectivity index (χ2n) is 2.29. The van der Waals surface area contributed by atoms with Crippen LogP contribution < -0.4 is 4.98 Å². The lowest BCUT2D eigenvalue weighted by atomic mass is 10.2. The van der Waals surface area contributed by atoms with Crippen LogP contribution in [0.2, 0.25) is 0 Å². The van der Waals surface area contributed by atoms with E-state index in [1.807, 2.05) is 0 Å². The lowest BCUT2D eigenvalue weighted by Crippen LogP contribution is -2.21. The molecule has 3 N–H and O–H groups in total. The van der Waals surface area contributed by atoms with Gasteiger partial charge < -0.3 is 25.5 Å². The Labute approximate surface area is 87.7 Å². The van der Waals surface area contributed by atoms with Crippen molar-refractivity contribution in [3.8, 4) is 0 Å². The molecule has 1 aromatic heterocycles. The molecular weight excluding hydrogens is 224 g/mol. The number of hydrogen-bond acceptors (Lipinski definition) is 5. The molecule has 0 saturated heterocycles. The van der Waals surface area contributed by atoms with Crippen LogP contribution in [0.1, 0.15) is 20.8 Å². The number of carbonyl (C=O) groups is 2. The van der Waals surface area contributed by atoms with Crippen molar-refractivity contribution < 1.29 is 29.9 Å². The van der Waals surface area contributed by atoms with Gasteiger partial charge in [0, 0.05) is 6.07 Å². The fourth-order valence-corrected chi connectivity index (χ4v) is 0.792. The quantitative estimate of drug-likeness (QED) is 0.519. The minimum atomic E-state index is -1.75. The SMILES string of the molecule is O=C(O)c1ccc[nH+]c1C(=O)O.O=[N+]([O-])[O-]. The average molecular weight is 230 g/mol. The van der Waals surface area contributed by atoms with Crippen LogP contribution in [0.25, 0.3) is 0 Å². The molecule has 0 atom stereocenters. The summed E-state index contributed by atoms with van der Waals surface area (Å²) in [5.74, 6) is -2.54. The number of aromatic amines is 1. The number of carboxylic acid groups (broad SMARTS) is 2. The van der Waals surface area contributed by atoms with E-state index in [-0.39, 0.29) is 11.3 Å². The Kier molecular flexibility index (Phi) is 4.90. The Bertz CT molecular complexity index is 380. The van der Waals surface area contributed by atoms with Gasteiger partial charge in [0.1, 0.15) is 5.56 Å². The summed E-state index contributed by atoms with van der Waals surface area (Å²) >= 11 is 0. The van der Waals surface area contributed by atoms with Crippen molar-refractivity contribution in [3.05, 3.63) is 44.9 Å². The van der Waals surface area contributed by atoms with Gasteiger partial charge in [-0.05, 0) is 6.07 Å². The topological polar surface area (TPSA) is 155 Å². The monoisotopic (exact) mass is 230 g/mol. The predicted octanol–water partition coefficient (Wildman–Crippen LogP) is -0.342. The Hall–Kier alpha value is -2.71. The van der Waals surface area contributed by atoms with Crippen LogP contribution in [-0.2, 0) is 0 Å². The molecule has 86 valence electrons. The first-order valence-corrected chi connectivity index (χ1v) is 3.65. The molecule has 0 aliphatic rings. The summed E-state index contributed by atoms with van der Waals surface area (Å²) in [5.41, 5.74) is -0.560. The highest BCUT2D eigenvalue weighted by Crippen LogP contribution is 2.01. The first-order valence-electron chi connectivity index (χ1n) is 3.65. The molecule has 9 heteroatoms. The van der Waals surface area contributed by atoms with Crippen LogP contribution in [-0.4, -0.2) is 27.2 Å². The van der Waals surface area contributed by atoms with E-state index in [1.54, 1.807) is 0 Å². The lowest BCUT2D eigenvalue weighted by molar-refractivity contribution is -0.402. The van der Waals surface area contributed by atoms with Crippen molar-refractivity contribution in [1.29, 1.82) is 0 Å². The van der Waals surface area contributed by atoms with E-state index in [0.717, 1.165) is 0 Å². The zero-order chi connectivity index (χ0) is 12.7. The summed E-state index contributed by atoms with van der Waals surface area (Å²) in [7, 11) is 0. The first-order chi connectivity index (χ1) is 7.36. The Morgan fingerprint density at radius 2 is 1.75 bits per heavy atom. The molecule has 0 bridgehead atoms. The molecule has 1 heterocycles. The van der Waals surface area contributed by atoms with Crippen molar-refractivity contribution in [2.24, 2.45) is 0 Å². The molecule has 0 saturated carbocycles. The molecule has 0 amide bonds. The lowest BCUT2D eigenvalue weighted by Gasteiger charge is -1.91. The summed E-state index contributed by atoms with van der Waals surface area (Å²) in [6.45, 7) is 0. The number of nitrogens with one attached hydrogen (secondary N) is 1. The summed E-state index contributed by atoms with van der Waals surface area (Å²) in [5, 5.41) is 31.8. The van der Waals surface area contributed by atoms with Gasteiger partial charge in [0.2, 0.25) is 0 Å². The van der Waals surface area contributed by atoms with Crippen molar-refractivity contribution in [1.82, 2.24) is 0 Å². The van der Waals surface area contributed by atoms with Gasteiger partial charge in [-0.3, -0.25) is 0 Å². The Balaban J connectivity index is 0.000000487. The smallest absolute Gasteiger partial charge is 0.402 e. The molecule has 0 spiro atoms. The molecule has 0 radical (unpaired) electrons. The van der Waals surface area contributed by atoms with Crippen molar-refractivity contribution >= 4 is 11.9 Å². The molecular formula is C7H6N2O7. The van der Waals surface area contributed by atoms with Gasteiger partial charge in [0.25, 0.3) is 0 Å². The van der Waals surface area contributed by atoms with Crippen LogP contribution in [0.15, 0.2) is 18.3 Å². The number of nitrogens with zero attached hydrogens (tertiary/aromatic N) is 1. The van der Waals surface area contributed by atoms with E-state index in [1.165, 1.54) is 18.3 Å². The summed E-state index contributed by atoms with van der Waals surface area (Å²) in [4.78, 5) is 31.5. The third-order valence-electron chi connectivity index (χ3n) is 1.30. The predicted molar refractivity (Wildman–Crippen MR) is 47.3 cm³/mol. The first kappa shape index (κ1) is 13.3. The average Bonchev–Trinajstić information content (AvgIpc) is 2.16. The number of rotatable bonds is 2. The number of aromatic nitrogens is 1. The van der Waals surface area contributed by atoms with Gasteiger partial charge in [-0.1, -0.05) is 0 Å². The number of H-pyrrole nitrogens is 1. The van der Waals surface area contributed by atoms with Gasteiger partial charge in [-0.2, -0.15) is 0 Å². The fraction of sp³-hybridized carbons (Fsp3) is 0. The molecule has 9 nitrogen and oxygen atoms in total. The number of carboxylic acids is 2. The molecule has 1 rings (SSSR count). The van der Waals surface area contributed by atoms with Crippen LogP contribution in [0.5, 0.6) is 0 Å². The highest BCUT2D eigenvalue weighted by atomic mass is 16.9. The Morgan fingerprint density at radius 1 is 1.25 bits per heavy atom. The van der Waals surface area contributed by atoms with Gasteiger partial charge in [-0.25, -0.2) is 14.6 Å². The van der Waals surface area contributed by atoms with E-state index in [9.17, 15) is 9.59 Å². The maximum Gasteiger partial charge on any atom is 0.402 e. The largest absolute Gasteiger partial charge is 0.477 e.